The van der Waals surface area contributed by atoms with Crippen molar-refractivity contribution >= 4 is 17.8 Å². The molecule has 1 aromatic rings. The summed E-state index contributed by atoms with van der Waals surface area (Å²) in [6.07, 6.45) is 3.15. The molecule has 0 aliphatic carbocycles. The second kappa shape index (κ2) is 6.56. The monoisotopic (exact) mass is 301 g/mol. The number of cyclic esters (lactones) is 1. The van der Waals surface area contributed by atoms with Gasteiger partial charge in [0.25, 0.3) is 0 Å². The Morgan fingerprint density at radius 3 is 2.64 bits per heavy atom. The molecule has 0 unspecified atom stereocenters. The fourth-order valence-electron chi connectivity index (χ4n) is 2.33. The molecule has 0 saturated carbocycles. The number of methoxy groups -OCH3 is 1. The van der Waals surface area contributed by atoms with Gasteiger partial charge in [-0.25, -0.2) is 14.6 Å². The van der Waals surface area contributed by atoms with Crippen LogP contribution in [0.3, 0.4) is 0 Å². The number of hydrogen-bond acceptors (Lipinski definition) is 5. The highest BCUT2D eigenvalue weighted by Crippen LogP contribution is 2.31. The van der Waals surface area contributed by atoms with Gasteiger partial charge >= 0.3 is 11.9 Å². The van der Waals surface area contributed by atoms with E-state index in [-0.39, 0.29) is 11.8 Å². The van der Waals surface area contributed by atoms with Crippen LogP contribution >= 0.6 is 0 Å². The van der Waals surface area contributed by atoms with Crippen molar-refractivity contribution < 1.29 is 19.1 Å². The molecule has 0 spiro atoms. The van der Waals surface area contributed by atoms with Crippen molar-refractivity contribution in [3.05, 3.63) is 48.0 Å². The predicted molar refractivity (Wildman–Crippen MR) is 82.4 cm³/mol. The first-order chi connectivity index (χ1) is 10.5. The molecule has 5 heteroatoms. The van der Waals surface area contributed by atoms with Crippen molar-refractivity contribution in [2.24, 2.45) is 10.9 Å². The van der Waals surface area contributed by atoms with E-state index in [4.69, 9.17) is 4.74 Å². The Labute approximate surface area is 129 Å². The van der Waals surface area contributed by atoms with Crippen LogP contribution in [-0.4, -0.2) is 30.5 Å². The van der Waals surface area contributed by atoms with Gasteiger partial charge in [0.05, 0.1) is 7.11 Å². The van der Waals surface area contributed by atoms with Crippen molar-refractivity contribution in [3.8, 4) is 0 Å². The smallest absolute Gasteiger partial charge is 0.344 e. The molecule has 1 heterocycles. The number of hydrogen-bond donors (Lipinski definition) is 0. The van der Waals surface area contributed by atoms with Gasteiger partial charge < -0.3 is 9.47 Å². The summed E-state index contributed by atoms with van der Waals surface area (Å²) in [6.45, 7) is 3.97. The molecule has 0 radical (unpaired) electrons. The molecule has 0 fully saturated rings. The number of esters is 2. The number of aliphatic imine (C=N–C) groups is 1. The average Bonchev–Trinajstić information content (AvgIpc) is 2.82. The van der Waals surface area contributed by atoms with Gasteiger partial charge in [0.15, 0.2) is 5.54 Å². The Morgan fingerprint density at radius 2 is 2.05 bits per heavy atom. The van der Waals surface area contributed by atoms with Crippen LogP contribution in [0, 0.1) is 5.92 Å². The zero-order chi connectivity index (χ0) is 16.2. The molecule has 0 aromatic heterocycles. The van der Waals surface area contributed by atoms with Crippen LogP contribution in [0.5, 0.6) is 0 Å². The van der Waals surface area contributed by atoms with Gasteiger partial charge in [-0.15, -0.1) is 0 Å². The van der Waals surface area contributed by atoms with Crippen molar-refractivity contribution in [1.82, 2.24) is 0 Å². The Hall–Kier alpha value is -2.43. The Bertz CT molecular complexity index is 619. The first-order valence-corrected chi connectivity index (χ1v) is 7.11. The van der Waals surface area contributed by atoms with Crippen LogP contribution in [0.15, 0.2) is 47.5 Å². The van der Waals surface area contributed by atoms with E-state index in [1.165, 1.54) is 19.3 Å². The third-order valence-electron chi connectivity index (χ3n) is 3.28. The van der Waals surface area contributed by atoms with Crippen LogP contribution in [0.25, 0.3) is 0 Å². The molecule has 22 heavy (non-hydrogen) atoms. The minimum atomic E-state index is -1.17. The van der Waals surface area contributed by atoms with E-state index in [1.54, 1.807) is 0 Å². The van der Waals surface area contributed by atoms with Crippen molar-refractivity contribution in [2.75, 3.05) is 7.11 Å². The minimum absolute atomic E-state index is 0.203. The summed E-state index contributed by atoms with van der Waals surface area (Å²) < 4.78 is 9.92. The third-order valence-corrected chi connectivity index (χ3v) is 3.28. The normalized spacial score (nSPS) is 21.1. The molecule has 1 atom stereocenters. The maximum absolute atomic E-state index is 12.4. The van der Waals surface area contributed by atoms with Crippen LogP contribution in [-0.2, 0) is 19.1 Å². The average molecular weight is 301 g/mol. The van der Waals surface area contributed by atoms with Gasteiger partial charge in [-0.1, -0.05) is 32.0 Å². The fourth-order valence-corrected chi connectivity index (χ4v) is 2.33. The van der Waals surface area contributed by atoms with Crippen LogP contribution < -0.4 is 0 Å². The zero-order valence-electron chi connectivity index (χ0n) is 12.9. The van der Waals surface area contributed by atoms with Crippen LogP contribution in [0.1, 0.15) is 25.8 Å². The summed E-state index contributed by atoms with van der Waals surface area (Å²) in [5.74, 6) is -0.519. The first-order valence-electron chi connectivity index (χ1n) is 7.11. The standard InChI is InChI=1S/C17H19NO4/c1-12(2)11-17(10-9-14(19)21-3)16(20)22-15(18-17)13-7-5-4-6-8-13/h4-10,12H,11H2,1-3H3/b10-9+/t17-/m0/s1. The highest BCUT2D eigenvalue weighted by atomic mass is 16.6. The maximum atomic E-state index is 12.4. The van der Waals surface area contributed by atoms with E-state index in [0.29, 0.717) is 6.42 Å². The molecule has 5 nitrogen and oxygen atoms in total. The zero-order valence-corrected chi connectivity index (χ0v) is 12.9. The number of carbonyl (C=O) groups is 2. The minimum Gasteiger partial charge on any atom is -0.466 e. The van der Waals surface area contributed by atoms with Gasteiger partial charge in [-0.3, -0.25) is 0 Å². The summed E-state index contributed by atoms with van der Waals surface area (Å²) in [5.41, 5.74) is -0.444. The first kappa shape index (κ1) is 15.9. The molecule has 1 aliphatic heterocycles. The van der Waals surface area contributed by atoms with Crippen molar-refractivity contribution in [3.63, 3.8) is 0 Å². The van der Waals surface area contributed by atoms with E-state index in [0.717, 1.165) is 5.56 Å². The van der Waals surface area contributed by atoms with Crippen LogP contribution in [0.4, 0.5) is 0 Å². The molecule has 2 rings (SSSR count). The van der Waals surface area contributed by atoms with Gasteiger partial charge in [0.1, 0.15) is 0 Å². The fraction of sp³-hybridized carbons (Fsp3) is 0.353. The molecule has 116 valence electrons. The largest absolute Gasteiger partial charge is 0.466 e. The molecular formula is C17H19NO4. The predicted octanol–water partition coefficient (Wildman–Crippen LogP) is 2.50. The summed E-state index contributed by atoms with van der Waals surface area (Å²) in [4.78, 5) is 28.2. The Morgan fingerprint density at radius 1 is 1.36 bits per heavy atom. The highest BCUT2D eigenvalue weighted by Gasteiger charge is 2.44. The highest BCUT2D eigenvalue weighted by molar-refractivity contribution is 6.09. The lowest BCUT2D eigenvalue weighted by atomic mass is 9.89. The molecular weight excluding hydrogens is 282 g/mol. The molecule has 0 bridgehead atoms. The lowest BCUT2D eigenvalue weighted by molar-refractivity contribution is -0.137. The Balaban J connectivity index is 2.39. The number of ether oxygens (including phenoxy) is 2. The molecule has 0 amide bonds. The van der Waals surface area contributed by atoms with E-state index < -0.39 is 17.5 Å². The number of rotatable bonds is 5. The number of carbonyl (C=O) groups excluding carboxylic acids is 2. The summed E-state index contributed by atoms with van der Waals surface area (Å²) in [7, 11) is 1.29. The molecule has 0 saturated heterocycles. The van der Waals surface area contributed by atoms with E-state index in [2.05, 4.69) is 9.73 Å². The van der Waals surface area contributed by atoms with Crippen molar-refractivity contribution in [1.29, 1.82) is 0 Å². The van der Waals surface area contributed by atoms with E-state index in [9.17, 15) is 9.59 Å². The quantitative estimate of drug-likeness (QED) is 0.619. The molecule has 1 aromatic carbocycles. The van der Waals surface area contributed by atoms with Crippen molar-refractivity contribution in [2.45, 2.75) is 25.8 Å². The van der Waals surface area contributed by atoms with E-state index >= 15 is 0 Å². The van der Waals surface area contributed by atoms with Gasteiger partial charge in [-0.2, -0.15) is 0 Å². The second-order valence-corrected chi connectivity index (χ2v) is 5.55. The van der Waals surface area contributed by atoms with Gasteiger partial charge in [-0.05, 0) is 30.5 Å². The topological polar surface area (TPSA) is 65.0 Å². The Kier molecular flexibility index (Phi) is 4.75. The number of benzene rings is 1. The van der Waals surface area contributed by atoms with Crippen LogP contribution in [0.2, 0.25) is 0 Å². The summed E-state index contributed by atoms with van der Waals surface area (Å²) in [5, 5.41) is 0. The summed E-state index contributed by atoms with van der Waals surface area (Å²) in [6, 6.07) is 9.21. The second-order valence-electron chi connectivity index (χ2n) is 5.55. The molecule has 1 aliphatic rings. The van der Waals surface area contributed by atoms with Gasteiger partial charge in [0, 0.05) is 11.6 Å². The van der Waals surface area contributed by atoms with Gasteiger partial charge in [0.2, 0.25) is 5.90 Å². The number of nitrogens with zero attached hydrogens (tertiary/aromatic N) is 1. The maximum Gasteiger partial charge on any atom is 0.344 e. The lowest BCUT2D eigenvalue weighted by Crippen LogP contribution is -2.33. The third kappa shape index (κ3) is 3.42. The molecule has 0 N–H and O–H groups in total. The summed E-state index contributed by atoms with van der Waals surface area (Å²) >= 11 is 0. The van der Waals surface area contributed by atoms with E-state index in [1.807, 2.05) is 44.2 Å². The lowest BCUT2D eigenvalue weighted by Gasteiger charge is -2.19. The SMILES string of the molecule is COC(=O)/C=C/[C@@]1(CC(C)C)N=C(c2ccccc2)OC1=O.